The van der Waals surface area contributed by atoms with Crippen LogP contribution in [0.3, 0.4) is 0 Å². The molecule has 1 aliphatic heterocycles. The van der Waals surface area contributed by atoms with E-state index in [2.05, 4.69) is 26.1 Å². The quantitative estimate of drug-likeness (QED) is 0.655. The lowest BCUT2D eigenvalue weighted by Gasteiger charge is -2.16. The maximum absolute atomic E-state index is 13.9. The third-order valence-corrected chi connectivity index (χ3v) is 4.34. The number of furan rings is 1. The van der Waals surface area contributed by atoms with Crippen molar-refractivity contribution in [2.45, 2.75) is 12.3 Å². The SMILES string of the molecule is O=C1CC(c2noc(-c3ccc(Br)o3)n2)CN1c1cc(F)ccc1F. The summed E-state index contributed by atoms with van der Waals surface area (Å²) in [6.45, 7) is 0.139. The van der Waals surface area contributed by atoms with Crippen LogP contribution in [-0.2, 0) is 4.79 Å². The Morgan fingerprint density at radius 3 is 2.84 bits per heavy atom. The molecule has 25 heavy (non-hydrogen) atoms. The summed E-state index contributed by atoms with van der Waals surface area (Å²) < 4.78 is 38.3. The molecule has 1 atom stereocenters. The first-order valence-corrected chi connectivity index (χ1v) is 8.15. The number of hydrogen-bond donors (Lipinski definition) is 0. The van der Waals surface area contributed by atoms with Crippen LogP contribution in [0.1, 0.15) is 18.2 Å². The summed E-state index contributed by atoms with van der Waals surface area (Å²) >= 11 is 3.18. The number of rotatable bonds is 3. The third-order valence-electron chi connectivity index (χ3n) is 3.91. The number of carbonyl (C=O) groups is 1. The normalized spacial score (nSPS) is 17.5. The molecule has 0 radical (unpaired) electrons. The fourth-order valence-corrected chi connectivity index (χ4v) is 3.04. The highest BCUT2D eigenvalue weighted by Gasteiger charge is 2.36. The van der Waals surface area contributed by atoms with Gasteiger partial charge in [-0.1, -0.05) is 5.16 Å². The second-order valence-corrected chi connectivity index (χ2v) is 6.34. The highest BCUT2D eigenvalue weighted by molar-refractivity contribution is 9.10. The molecule has 0 aliphatic carbocycles. The summed E-state index contributed by atoms with van der Waals surface area (Å²) in [5, 5.41) is 3.88. The highest BCUT2D eigenvalue weighted by Crippen LogP contribution is 2.33. The number of nitrogens with zero attached hydrogens (tertiary/aromatic N) is 3. The van der Waals surface area contributed by atoms with E-state index in [1.807, 2.05) is 0 Å². The van der Waals surface area contributed by atoms with E-state index in [0.29, 0.717) is 16.3 Å². The number of aromatic nitrogens is 2. The lowest BCUT2D eigenvalue weighted by molar-refractivity contribution is -0.117. The van der Waals surface area contributed by atoms with Crippen LogP contribution in [0.15, 0.2) is 43.9 Å². The maximum Gasteiger partial charge on any atom is 0.293 e. The van der Waals surface area contributed by atoms with E-state index in [1.54, 1.807) is 12.1 Å². The van der Waals surface area contributed by atoms with Gasteiger partial charge in [0.15, 0.2) is 16.3 Å². The van der Waals surface area contributed by atoms with Crippen molar-refractivity contribution in [1.82, 2.24) is 10.1 Å². The van der Waals surface area contributed by atoms with Gasteiger partial charge in [0.1, 0.15) is 11.6 Å². The van der Waals surface area contributed by atoms with Gasteiger partial charge in [0.05, 0.1) is 5.69 Å². The first-order chi connectivity index (χ1) is 12.0. The van der Waals surface area contributed by atoms with Gasteiger partial charge in [-0.2, -0.15) is 4.98 Å². The number of halogens is 3. The molecule has 1 unspecified atom stereocenters. The minimum absolute atomic E-state index is 0.0801. The lowest BCUT2D eigenvalue weighted by Crippen LogP contribution is -2.25. The molecule has 0 saturated carbocycles. The molecule has 0 N–H and O–H groups in total. The molecule has 0 spiro atoms. The average Bonchev–Trinajstić information content (AvgIpc) is 3.29. The summed E-state index contributed by atoms with van der Waals surface area (Å²) in [4.78, 5) is 17.7. The first kappa shape index (κ1) is 15.9. The number of benzene rings is 1. The van der Waals surface area contributed by atoms with Gasteiger partial charge < -0.3 is 13.8 Å². The lowest BCUT2D eigenvalue weighted by atomic mass is 10.1. The molecular formula is C16H10BrF2N3O3. The summed E-state index contributed by atoms with van der Waals surface area (Å²) in [6, 6.07) is 6.34. The summed E-state index contributed by atoms with van der Waals surface area (Å²) in [7, 11) is 0. The summed E-state index contributed by atoms with van der Waals surface area (Å²) in [5.41, 5.74) is -0.0915. The zero-order valence-corrected chi connectivity index (χ0v) is 14.2. The Hall–Kier alpha value is -2.55. The number of amides is 1. The van der Waals surface area contributed by atoms with Gasteiger partial charge in [0.2, 0.25) is 5.91 Å². The summed E-state index contributed by atoms with van der Waals surface area (Å²) in [5.74, 6) is -1.10. The van der Waals surface area contributed by atoms with Crippen molar-refractivity contribution in [3.05, 3.63) is 52.5 Å². The van der Waals surface area contributed by atoms with Gasteiger partial charge in [-0.15, -0.1) is 0 Å². The molecule has 2 aromatic heterocycles. The van der Waals surface area contributed by atoms with Gasteiger partial charge in [-0.05, 0) is 40.2 Å². The Kier molecular flexibility index (Phi) is 3.87. The van der Waals surface area contributed by atoms with Gasteiger partial charge in [-0.3, -0.25) is 4.79 Å². The topological polar surface area (TPSA) is 72.4 Å². The van der Waals surface area contributed by atoms with Crippen LogP contribution in [0.5, 0.6) is 0 Å². The predicted octanol–water partition coefficient (Wildman–Crippen LogP) is 3.89. The predicted molar refractivity (Wildman–Crippen MR) is 85.8 cm³/mol. The minimum atomic E-state index is -0.662. The third kappa shape index (κ3) is 2.95. The van der Waals surface area contributed by atoms with E-state index in [9.17, 15) is 13.6 Å². The summed E-state index contributed by atoms with van der Waals surface area (Å²) in [6.07, 6.45) is 0.0801. The standard InChI is InChI=1S/C16H10BrF2N3O3/c17-13-4-3-12(24-13)16-20-15(21-25-16)8-5-14(23)22(7-8)11-6-9(18)1-2-10(11)19/h1-4,6,8H,5,7H2. The van der Waals surface area contributed by atoms with Crippen molar-refractivity contribution in [3.8, 4) is 11.7 Å². The molecule has 1 saturated heterocycles. The molecule has 9 heteroatoms. The van der Waals surface area contributed by atoms with E-state index in [1.165, 1.54) is 4.90 Å². The van der Waals surface area contributed by atoms with Crippen LogP contribution in [0.2, 0.25) is 0 Å². The molecule has 6 nitrogen and oxygen atoms in total. The largest absolute Gasteiger partial charge is 0.444 e. The fraction of sp³-hybridized carbons (Fsp3) is 0.188. The van der Waals surface area contributed by atoms with Crippen molar-refractivity contribution < 1.29 is 22.5 Å². The van der Waals surface area contributed by atoms with Crippen molar-refractivity contribution in [3.63, 3.8) is 0 Å². The first-order valence-electron chi connectivity index (χ1n) is 7.36. The van der Waals surface area contributed by atoms with Crippen molar-refractivity contribution >= 4 is 27.5 Å². The van der Waals surface area contributed by atoms with Crippen LogP contribution >= 0.6 is 15.9 Å². The second-order valence-electron chi connectivity index (χ2n) is 5.56. The van der Waals surface area contributed by atoms with Crippen LogP contribution in [0.25, 0.3) is 11.7 Å². The van der Waals surface area contributed by atoms with Gasteiger partial charge >= 0.3 is 0 Å². The second kappa shape index (κ2) is 6.07. The average molecular weight is 410 g/mol. The van der Waals surface area contributed by atoms with E-state index in [-0.39, 0.29) is 36.4 Å². The highest BCUT2D eigenvalue weighted by atomic mass is 79.9. The molecule has 3 heterocycles. The van der Waals surface area contributed by atoms with E-state index in [4.69, 9.17) is 8.94 Å². The Bertz CT molecular complexity index is 956. The molecule has 1 fully saturated rings. The van der Waals surface area contributed by atoms with Crippen molar-refractivity contribution in [1.29, 1.82) is 0 Å². The van der Waals surface area contributed by atoms with E-state index >= 15 is 0 Å². The molecule has 1 aromatic carbocycles. The van der Waals surface area contributed by atoms with Crippen LogP contribution in [-0.4, -0.2) is 22.6 Å². The van der Waals surface area contributed by atoms with Crippen molar-refractivity contribution in [2.75, 3.05) is 11.4 Å². The number of anilines is 1. The molecule has 1 aliphatic rings. The Balaban J connectivity index is 1.58. The number of carbonyl (C=O) groups excluding carboxylic acids is 1. The molecule has 0 bridgehead atoms. The van der Waals surface area contributed by atoms with Crippen molar-refractivity contribution in [2.24, 2.45) is 0 Å². The molecule has 3 aromatic rings. The van der Waals surface area contributed by atoms with Crippen LogP contribution < -0.4 is 4.90 Å². The fourth-order valence-electron chi connectivity index (χ4n) is 2.74. The van der Waals surface area contributed by atoms with Gasteiger partial charge in [0.25, 0.3) is 5.89 Å². The minimum Gasteiger partial charge on any atom is -0.444 e. The molecule has 4 rings (SSSR count). The van der Waals surface area contributed by atoms with Gasteiger partial charge in [-0.25, -0.2) is 8.78 Å². The Morgan fingerprint density at radius 1 is 1.24 bits per heavy atom. The molecular weight excluding hydrogens is 400 g/mol. The monoisotopic (exact) mass is 409 g/mol. The Morgan fingerprint density at radius 2 is 2.08 bits per heavy atom. The smallest absolute Gasteiger partial charge is 0.293 e. The van der Waals surface area contributed by atoms with E-state index in [0.717, 1.165) is 18.2 Å². The Labute approximate surface area is 148 Å². The molecule has 1 amide bonds. The number of hydrogen-bond acceptors (Lipinski definition) is 5. The van der Waals surface area contributed by atoms with Gasteiger partial charge in [0, 0.05) is 24.9 Å². The zero-order valence-electron chi connectivity index (χ0n) is 12.6. The van der Waals surface area contributed by atoms with Crippen LogP contribution in [0.4, 0.5) is 14.5 Å². The van der Waals surface area contributed by atoms with Crippen LogP contribution in [0, 0.1) is 11.6 Å². The van der Waals surface area contributed by atoms with E-state index < -0.39 is 11.6 Å². The maximum atomic E-state index is 13.9. The zero-order chi connectivity index (χ0) is 17.6. The molecule has 128 valence electrons.